The normalized spacial score (nSPS) is 16.8. The van der Waals surface area contributed by atoms with Crippen molar-refractivity contribution in [1.29, 1.82) is 0 Å². The molecule has 1 amide bonds. The predicted octanol–water partition coefficient (Wildman–Crippen LogP) is 5.09. The molecule has 33 heavy (non-hydrogen) atoms. The molecule has 3 heterocycles. The van der Waals surface area contributed by atoms with E-state index in [2.05, 4.69) is 31.9 Å². The van der Waals surface area contributed by atoms with Crippen molar-refractivity contribution in [3.05, 3.63) is 45.9 Å². The van der Waals surface area contributed by atoms with Gasteiger partial charge in [-0.15, -0.1) is 21.5 Å². The molecule has 1 saturated heterocycles. The number of amides is 1. The summed E-state index contributed by atoms with van der Waals surface area (Å²) in [6.45, 7) is 6.46. The largest absolute Gasteiger partial charge is 0.341 e. The number of hydrogen-bond acceptors (Lipinski definition) is 7. The van der Waals surface area contributed by atoms with Gasteiger partial charge in [-0.25, -0.2) is 4.98 Å². The fourth-order valence-corrected chi connectivity index (χ4v) is 5.92. The minimum absolute atomic E-state index is 0.0354. The summed E-state index contributed by atoms with van der Waals surface area (Å²) in [5.41, 5.74) is 2.90. The van der Waals surface area contributed by atoms with Crippen molar-refractivity contribution in [2.24, 2.45) is 5.92 Å². The number of para-hydroxylation sites is 1. The molecule has 1 saturated carbocycles. The van der Waals surface area contributed by atoms with Crippen molar-refractivity contribution in [3.8, 4) is 0 Å². The van der Waals surface area contributed by atoms with Crippen molar-refractivity contribution < 1.29 is 4.79 Å². The first kappa shape index (κ1) is 22.4. The number of aromatic nitrogens is 4. The summed E-state index contributed by atoms with van der Waals surface area (Å²) in [7, 11) is 0. The lowest BCUT2D eigenvalue weighted by atomic mass is 10.00. The van der Waals surface area contributed by atoms with E-state index in [9.17, 15) is 4.79 Å². The van der Waals surface area contributed by atoms with E-state index in [1.165, 1.54) is 25.7 Å². The van der Waals surface area contributed by atoms with E-state index in [-0.39, 0.29) is 5.91 Å². The number of benzene rings is 1. The molecule has 2 fully saturated rings. The first-order valence-corrected chi connectivity index (χ1v) is 13.5. The summed E-state index contributed by atoms with van der Waals surface area (Å²) in [4.78, 5) is 19.5. The Morgan fingerprint density at radius 1 is 1.18 bits per heavy atom. The molecule has 0 bridgehead atoms. The summed E-state index contributed by atoms with van der Waals surface area (Å²) >= 11 is 3.24. The van der Waals surface area contributed by atoms with Gasteiger partial charge in [0.1, 0.15) is 5.01 Å². The van der Waals surface area contributed by atoms with Crippen molar-refractivity contribution in [2.75, 3.05) is 23.3 Å². The molecule has 1 N–H and O–H groups in total. The molecule has 0 unspecified atom stereocenters. The molecule has 3 aromatic rings. The Bertz CT molecular complexity index is 1110. The van der Waals surface area contributed by atoms with Crippen molar-refractivity contribution >= 4 is 40.6 Å². The molecule has 0 radical (unpaired) electrons. The van der Waals surface area contributed by atoms with Gasteiger partial charge in [0, 0.05) is 36.0 Å². The van der Waals surface area contributed by atoms with Crippen LogP contribution >= 0.6 is 23.1 Å². The lowest BCUT2D eigenvalue weighted by Gasteiger charge is -2.31. The lowest BCUT2D eigenvalue weighted by molar-refractivity contribution is -0.115. The van der Waals surface area contributed by atoms with Crippen LogP contribution in [0.5, 0.6) is 0 Å². The first-order valence-electron chi connectivity index (χ1n) is 11.7. The molecule has 7 nitrogen and oxygen atoms in total. The second-order valence-electron chi connectivity index (χ2n) is 9.11. The molecule has 1 aliphatic heterocycles. The summed E-state index contributed by atoms with van der Waals surface area (Å²) in [5, 5.41) is 16.0. The highest BCUT2D eigenvalue weighted by atomic mass is 32.2. The maximum absolute atomic E-state index is 12.4. The van der Waals surface area contributed by atoms with Gasteiger partial charge in [0.2, 0.25) is 11.9 Å². The highest BCUT2D eigenvalue weighted by Crippen LogP contribution is 2.42. The van der Waals surface area contributed by atoms with Crippen LogP contribution in [-0.4, -0.2) is 38.7 Å². The van der Waals surface area contributed by atoms with Gasteiger partial charge in [-0.05, 0) is 50.2 Å². The number of nitrogens with zero attached hydrogens (tertiary/aromatic N) is 5. The molecular formula is C24H30N6OS2. The topological polar surface area (TPSA) is 75.9 Å². The fraction of sp³-hybridized carbons (Fsp3) is 0.500. The van der Waals surface area contributed by atoms with E-state index in [0.29, 0.717) is 12.5 Å². The van der Waals surface area contributed by atoms with Crippen LogP contribution in [0.15, 0.2) is 34.8 Å². The van der Waals surface area contributed by atoms with Crippen LogP contribution in [0.3, 0.4) is 0 Å². The SMILES string of the molecule is Cc1ccccc1NC(=O)Cc1nc(CSc2nnc(N3CCC(C)CC3)n2C2CC2)cs1. The van der Waals surface area contributed by atoms with Gasteiger partial charge in [-0.3, -0.25) is 9.36 Å². The monoisotopic (exact) mass is 482 g/mol. The number of rotatable bonds is 8. The quantitative estimate of drug-likeness (QED) is 0.451. The van der Waals surface area contributed by atoms with E-state index in [4.69, 9.17) is 4.98 Å². The van der Waals surface area contributed by atoms with Crippen molar-refractivity contribution in [2.45, 2.75) is 62.9 Å². The fourth-order valence-electron chi connectivity index (χ4n) is 4.12. The average Bonchev–Trinajstić information content (AvgIpc) is 3.40. The number of aryl methyl sites for hydroxylation is 1. The third-order valence-electron chi connectivity index (χ3n) is 6.30. The summed E-state index contributed by atoms with van der Waals surface area (Å²) in [6, 6.07) is 8.35. The van der Waals surface area contributed by atoms with E-state index in [1.807, 2.05) is 36.6 Å². The zero-order chi connectivity index (χ0) is 22.8. The Labute approximate surface area is 203 Å². The van der Waals surface area contributed by atoms with E-state index in [0.717, 1.165) is 57.8 Å². The van der Waals surface area contributed by atoms with Crippen LogP contribution in [0.4, 0.5) is 11.6 Å². The van der Waals surface area contributed by atoms with Crippen LogP contribution in [0, 0.1) is 12.8 Å². The molecular weight excluding hydrogens is 452 g/mol. The number of thioether (sulfide) groups is 1. The lowest BCUT2D eigenvalue weighted by Crippen LogP contribution is -2.34. The zero-order valence-corrected chi connectivity index (χ0v) is 20.8. The van der Waals surface area contributed by atoms with Crippen molar-refractivity contribution in [3.63, 3.8) is 0 Å². The number of thiazole rings is 1. The minimum atomic E-state index is -0.0354. The smallest absolute Gasteiger partial charge is 0.231 e. The maximum atomic E-state index is 12.4. The molecule has 1 aromatic carbocycles. The van der Waals surface area contributed by atoms with E-state index >= 15 is 0 Å². The molecule has 0 atom stereocenters. The van der Waals surface area contributed by atoms with Crippen LogP contribution in [0.2, 0.25) is 0 Å². The third-order valence-corrected chi connectivity index (χ3v) is 8.18. The Morgan fingerprint density at radius 2 is 1.97 bits per heavy atom. The van der Waals surface area contributed by atoms with Gasteiger partial charge in [0.05, 0.1) is 12.1 Å². The Kier molecular flexibility index (Phi) is 6.69. The van der Waals surface area contributed by atoms with Gasteiger partial charge >= 0.3 is 0 Å². The number of nitrogens with one attached hydrogen (secondary N) is 1. The summed E-state index contributed by atoms with van der Waals surface area (Å²) in [5.74, 6) is 2.54. The Balaban J connectivity index is 1.19. The van der Waals surface area contributed by atoms with Gasteiger partial charge in [0.25, 0.3) is 0 Å². The molecule has 9 heteroatoms. The minimum Gasteiger partial charge on any atom is -0.341 e. The first-order chi connectivity index (χ1) is 16.1. The maximum Gasteiger partial charge on any atom is 0.231 e. The average molecular weight is 483 g/mol. The standard InChI is InChI=1S/C24H30N6OS2/c1-16-9-11-29(12-10-16)23-27-28-24(30(23)19-7-8-19)33-15-18-14-32-22(25-18)13-21(31)26-20-6-4-3-5-17(20)2/h3-6,14,16,19H,7-13,15H2,1-2H3,(H,26,31). The second kappa shape index (κ2) is 9.85. The molecule has 174 valence electrons. The van der Waals surface area contributed by atoms with Gasteiger partial charge < -0.3 is 10.2 Å². The highest BCUT2D eigenvalue weighted by Gasteiger charge is 2.32. The molecule has 5 rings (SSSR count). The predicted molar refractivity (Wildman–Crippen MR) is 134 cm³/mol. The molecule has 2 aromatic heterocycles. The van der Waals surface area contributed by atoms with Gasteiger partial charge in [0.15, 0.2) is 5.16 Å². The third kappa shape index (κ3) is 5.41. The van der Waals surface area contributed by atoms with Crippen LogP contribution < -0.4 is 10.2 Å². The summed E-state index contributed by atoms with van der Waals surface area (Å²) < 4.78 is 2.35. The number of piperidine rings is 1. The van der Waals surface area contributed by atoms with Crippen LogP contribution in [-0.2, 0) is 17.0 Å². The number of carbonyl (C=O) groups excluding carboxylic acids is 1. The number of carbonyl (C=O) groups is 1. The molecule has 1 aliphatic carbocycles. The number of hydrogen-bond donors (Lipinski definition) is 1. The Hall–Kier alpha value is -2.39. The molecule has 2 aliphatic rings. The van der Waals surface area contributed by atoms with E-state index in [1.54, 1.807) is 23.1 Å². The van der Waals surface area contributed by atoms with Crippen molar-refractivity contribution in [1.82, 2.24) is 19.7 Å². The highest BCUT2D eigenvalue weighted by molar-refractivity contribution is 7.98. The van der Waals surface area contributed by atoms with Gasteiger partial charge in [-0.1, -0.05) is 36.9 Å². The summed E-state index contributed by atoms with van der Waals surface area (Å²) in [6.07, 6.45) is 5.15. The zero-order valence-electron chi connectivity index (χ0n) is 19.2. The van der Waals surface area contributed by atoms with Gasteiger partial charge in [-0.2, -0.15) is 0 Å². The van der Waals surface area contributed by atoms with Crippen LogP contribution in [0.1, 0.15) is 54.9 Å². The second-order valence-corrected chi connectivity index (χ2v) is 11.0. The Morgan fingerprint density at radius 3 is 2.73 bits per heavy atom. The van der Waals surface area contributed by atoms with Crippen LogP contribution in [0.25, 0.3) is 0 Å². The van der Waals surface area contributed by atoms with E-state index < -0.39 is 0 Å². The number of anilines is 2. The molecule has 0 spiro atoms.